The van der Waals surface area contributed by atoms with Crippen LogP contribution in [0.3, 0.4) is 0 Å². The zero-order valence-corrected chi connectivity index (χ0v) is 9.64. The largest absolute Gasteiger partial charge is 0.103 e. The van der Waals surface area contributed by atoms with Gasteiger partial charge in [0.05, 0.1) is 0 Å². The summed E-state index contributed by atoms with van der Waals surface area (Å²) in [6, 6.07) is 0. The first-order chi connectivity index (χ1) is 6.05. The van der Waals surface area contributed by atoms with E-state index >= 15 is 0 Å². The Kier molecular flexibility index (Phi) is 3.21. The molecule has 0 aromatic carbocycles. The van der Waals surface area contributed by atoms with Crippen LogP contribution in [0.1, 0.15) is 47.0 Å². The number of allylic oxidation sites excluding steroid dienone is 1. The van der Waals surface area contributed by atoms with Gasteiger partial charge in [-0.3, -0.25) is 0 Å². The molecule has 3 atom stereocenters. The van der Waals surface area contributed by atoms with Crippen LogP contribution in [-0.2, 0) is 0 Å². The molecule has 13 heavy (non-hydrogen) atoms. The molecule has 0 bridgehead atoms. The predicted molar refractivity (Wildman–Crippen MR) is 59.6 cm³/mol. The summed E-state index contributed by atoms with van der Waals surface area (Å²) in [4.78, 5) is 0. The Bertz CT molecular complexity index is 180. The zero-order chi connectivity index (χ0) is 10.1. The molecule has 0 aromatic rings. The number of hydrogen-bond acceptors (Lipinski definition) is 0. The Labute approximate surface area is 83.4 Å². The minimum Gasteiger partial charge on any atom is -0.103 e. The van der Waals surface area contributed by atoms with E-state index < -0.39 is 0 Å². The van der Waals surface area contributed by atoms with E-state index in [0.29, 0.717) is 5.41 Å². The third-order valence-electron chi connectivity index (χ3n) is 3.78. The fourth-order valence-electron chi connectivity index (χ4n) is 2.89. The van der Waals surface area contributed by atoms with Crippen molar-refractivity contribution in [1.29, 1.82) is 0 Å². The SMILES string of the molecule is C=CC(C)C1CC1(CC)CC(C)C. The fraction of sp³-hybridized carbons (Fsp3) is 0.846. The minimum atomic E-state index is 0.682. The lowest BCUT2D eigenvalue weighted by atomic mass is 9.86. The van der Waals surface area contributed by atoms with Crippen LogP contribution in [0.15, 0.2) is 12.7 Å². The fourth-order valence-corrected chi connectivity index (χ4v) is 2.89. The average molecular weight is 180 g/mol. The zero-order valence-electron chi connectivity index (χ0n) is 9.64. The molecule has 0 radical (unpaired) electrons. The number of hydrogen-bond donors (Lipinski definition) is 0. The van der Waals surface area contributed by atoms with Crippen LogP contribution < -0.4 is 0 Å². The highest BCUT2D eigenvalue weighted by Gasteiger charge is 2.53. The van der Waals surface area contributed by atoms with Gasteiger partial charge in [-0.05, 0) is 36.0 Å². The summed E-state index contributed by atoms with van der Waals surface area (Å²) in [5, 5.41) is 0. The van der Waals surface area contributed by atoms with Crippen LogP contribution in [0, 0.1) is 23.2 Å². The van der Waals surface area contributed by atoms with Crippen molar-refractivity contribution in [1.82, 2.24) is 0 Å². The summed E-state index contributed by atoms with van der Waals surface area (Å²) in [7, 11) is 0. The van der Waals surface area contributed by atoms with Gasteiger partial charge in [-0.1, -0.05) is 40.2 Å². The summed E-state index contributed by atoms with van der Waals surface area (Å²) in [5.74, 6) is 2.50. The predicted octanol–water partition coefficient (Wildman–Crippen LogP) is 4.27. The van der Waals surface area contributed by atoms with Gasteiger partial charge in [0, 0.05) is 0 Å². The van der Waals surface area contributed by atoms with Gasteiger partial charge in [-0.15, -0.1) is 6.58 Å². The Hall–Kier alpha value is -0.260. The molecule has 0 heterocycles. The van der Waals surface area contributed by atoms with Crippen LogP contribution >= 0.6 is 0 Å². The monoisotopic (exact) mass is 180 g/mol. The van der Waals surface area contributed by atoms with Crippen LogP contribution in [0.4, 0.5) is 0 Å². The molecule has 1 rings (SSSR count). The van der Waals surface area contributed by atoms with E-state index in [0.717, 1.165) is 17.8 Å². The van der Waals surface area contributed by atoms with Gasteiger partial charge in [0.25, 0.3) is 0 Å². The Morgan fingerprint density at radius 2 is 2.08 bits per heavy atom. The van der Waals surface area contributed by atoms with Crippen molar-refractivity contribution < 1.29 is 0 Å². The lowest BCUT2D eigenvalue weighted by Gasteiger charge is -2.19. The molecule has 0 heteroatoms. The third kappa shape index (κ3) is 2.15. The van der Waals surface area contributed by atoms with Gasteiger partial charge in [0.2, 0.25) is 0 Å². The van der Waals surface area contributed by atoms with Crippen molar-refractivity contribution in [2.75, 3.05) is 0 Å². The Morgan fingerprint density at radius 3 is 2.46 bits per heavy atom. The summed E-state index contributed by atoms with van der Waals surface area (Å²) >= 11 is 0. The molecule has 76 valence electrons. The molecular weight excluding hydrogens is 156 g/mol. The maximum atomic E-state index is 3.90. The van der Waals surface area contributed by atoms with Crippen molar-refractivity contribution in [3.63, 3.8) is 0 Å². The third-order valence-corrected chi connectivity index (χ3v) is 3.78. The second kappa shape index (κ2) is 3.86. The first-order valence-corrected chi connectivity index (χ1v) is 5.68. The lowest BCUT2D eigenvalue weighted by Crippen LogP contribution is -2.10. The van der Waals surface area contributed by atoms with Crippen molar-refractivity contribution in [2.45, 2.75) is 47.0 Å². The van der Waals surface area contributed by atoms with E-state index in [4.69, 9.17) is 0 Å². The minimum absolute atomic E-state index is 0.682. The second-order valence-electron chi connectivity index (χ2n) is 5.22. The molecule has 0 aromatic heterocycles. The van der Waals surface area contributed by atoms with E-state index in [9.17, 15) is 0 Å². The van der Waals surface area contributed by atoms with Gasteiger partial charge < -0.3 is 0 Å². The molecule has 3 unspecified atom stereocenters. The Morgan fingerprint density at radius 1 is 1.46 bits per heavy atom. The van der Waals surface area contributed by atoms with Crippen molar-refractivity contribution >= 4 is 0 Å². The lowest BCUT2D eigenvalue weighted by molar-refractivity contribution is 0.323. The van der Waals surface area contributed by atoms with E-state index in [1.165, 1.54) is 19.3 Å². The van der Waals surface area contributed by atoms with E-state index in [1.807, 2.05) is 0 Å². The molecule has 0 saturated heterocycles. The molecule has 0 amide bonds. The summed E-state index contributed by atoms with van der Waals surface area (Å²) < 4.78 is 0. The van der Waals surface area contributed by atoms with Gasteiger partial charge in [0.1, 0.15) is 0 Å². The molecule has 1 saturated carbocycles. The summed E-state index contributed by atoms with van der Waals surface area (Å²) in [5.41, 5.74) is 0.682. The first kappa shape index (κ1) is 10.8. The molecule has 0 N–H and O–H groups in total. The van der Waals surface area contributed by atoms with Gasteiger partial charge in [-0.25, -0.2) is 0 Å². The van der Waals surface area contributed by atoms with Gasteiger partial charge in [-0.2, -0.15) is 0 Å². The van der Waals surface area contributed by atoms with E-state index in [-0.39, 0.29) is 0 Å². The number of rotatable bonds is 5. The maximum Gasteiger partial charge on any atom is -0.0231 e. The quantitative estimate of drug-likeness (QED) is 0.554. The molecular formula is C13H24. The van der Waals surface area contributed by atoms with Crippen LogP contribution in [0.5, 0.6) is 0 Å². The second-order valence-corrected chi connectivity index (χ2v) is 5.22. The van der Waals surface area contributed by atoms with Crippen LogP contribution in [0.2, 0.25) is 0 Å². The normalized spacial score (nSPS) is 34.7. The smallest absolute Gasteiger partial charge is 0.0231 e. The summed E-state index contributed by atoms with van der Waals surface area (Å²) in [6.45, 7) is 13.2. The van der Waals surface area contributed by atoms with Gasteiger partial charge in [0.15, 0.2) is 0 Å². The standard InChI is InChI=1S/C13H24/c1-6-11(5)12-9-13(12,7-2)8-10(3)4/h6,10-12H,1,7-9H2,2-5H3. The molecule has 1 aliphatic carbocycles. The first-order valence-electron chi connectivity index (χ1n) is 5.68. The van der Waals surface area contributed by atoms with Gasteiger partial charge >= 0.3 is 0 Å². The average Bonchev–Trinajstić information content (AvgIpc) is 2.78. The molecule has 0 nitrogen and oxygen atoms in total. The van der Waals surface area contributed by atoms with Crippen molar-refractivity contribution in [3.8, 4) is 0 Å². The molecule has 1 aliphatic rings. The Balaban J connectivity index is 2.52. The van der Waals surface area contributed by atoms with Crippen molar-refractivity contribution in [2.24, 2.45) is 23.2 Å². The topological polar surface area (TPSA) is 0 Å². The maximum absolute atomic E-state index is 3.90. The highest BCUT2D eigenvalue weighted by molar-refractivity contribution is 5.06. The van der Waals surface area contributed by atoms with Crippen molar-refractivity contribution in [3.05, 3.63) is 12.7 Å². The van der Waals surface area contributed by atoms with Crippen LogP contribution in [-0.4, -0.2) is 0 Å². The molecule has 0 aliphatic heterocycles. The highest BCUT2D eigenvalue weighted by atomic mass is 14.6. The summed E-state index contributed by atoms with van der Waals surface area (Å²) in [6.07, 6.45) is 6.33. The van der Waals surface area contributed by atoms with Crippen LogP contribution in [0.25, 0.3) is 0 Å². The molecule has 1 fully saturated rings. The van der Waals surface area contributed by atoms with E-state index in [1.54, 1.807) is 0 Å². The highest BCUT2D eigenvalue weighted by Crippen LogP contribution is 2.62. The molecule has 0 spiro atoms. The van der Waals surface area contributed by atoms with E-state index in [2.05, 4.69) is 40.3 Å².